The number of nitrogens with zero attached hydrogens (tertiary/aromatic N) is 2. The number of rotatable bonds is 3. The standard InChI is InChI=1S/C16H23BrN2O/c1-3-12-10-18-8-4-5-13(18)11-19(12)16-9-14(20-2)6-7-15(16)17/h6-7,9,12-13H,3-5,8,10-11H2,1-2H3. The number of ether oxygens (including phenoxy) is 1. The van der Waals surface area contributed by atoms with Crippen molar-refractivity contribution < 1.29 is 4.74 Å². The zero-order valence-electron chi connectivity index (χ0n) is 12.3. The summed E-state index contributed by atoms with van der Waals surface area (Å²) in [6.07, 6.45) is 3.88. The van der Waals surface area contributed by atoms with Gasteiger partial charge >= 0.3 is 0 Å². The summed E-state index contributed by atoms with van der Waals surface area (Å²) in [4.78, 5) is 5.26. The monoisotopic (exact) mass is 338 g/mol. The average Bonchev–Trinajstić information content (AvgIpc) is 2.93. The van der Waals surface area contributed by atoms with E-state index in [1.54, 1.807) is 7.11 Å². The fourth-order valence-electron chi connectivity index (χ4n) is 3.57. The van der Waals surface area contributed by atoms with Crippen molar-refractivity contribution in [1.82, 2.24) is 4.90 Å². The second-order valence-corrected chi connectivity index (χ2v) is 6.68. The van der Waals surface area contributed by atoms with Gasteiger partial charge in [0.15, 0.2) is 0 Å². The molecule has 2 unspecified atom stereocenters. The molecular formula is C16H23BrN2O. The van der Waals surface area contributed by atoms with Crippen molar-refractivity contribution in [2.45, 2.75) is 38.3 Å². The van der Waals surface area contributed by atoms with Gasteiger partial charge in [-0.25, -0.2) is 0 Å². The van der Waals surface area contributed by atoms with Crippen LogP contribution in [0.25, 0.3) is 0 Å². The first-order valence-electron chi connectivity index (χ1n) is 7.57. The van der Waals surface area contributed by atoms with E-state index in [0.717, 1.165) is 18.3 Å². The molecule has 0 saturated carbocycles. The van der Waals surface area contributed by atoms with Gasteiger partial charge in [-0.2, -0.15) is 0 Å². The summed E-state index contributed by atoms with van der Waals surface area (Å²) in [5.74, 6) is 0.937. The molecule has 2 aliphatic rings. The van der Waals surface area contributed by atoms with Gasteiger partial charge < -0.3 is 9.64 Å². The van der Waals surface area contributed by atoms with Crippen LogP contribution in [0.2, 0.25) is 0 Å². The summed E-state index contributed by atoms with van der Waals surface area (Å²) in [6.45, 7) is 5.92. The third-order valence-corrected chi connectivity index (χ3v) is 5.40. The summed E-state index contributed by atoms with van der Waals surface area (Å²) in [5, 5.41) is 0. The summed E-state index contributed by atoms with van der Waals surface area (Å²) in [7, 11) is 1.74. The molecular weight excluding hydrogens is 316 g/mol. The molecule has 0 N–H and O–H groups in total. The molecule has 3 rings (SSSR count). The number of hydrogen-bond acceptors (Lipinski definition) is 3. The van der Waals surface area contributed by atoms with Crippen LogP contribution in [0.1, 0.15) is 26.2 Å². The van der Waals surface area contributed by atoms with Crippen molar-refractivity contribution in [3.05, 3.63) is 22.7 Å². The minimum absolute atomic E-state index is 0.604. The van der Waals surface area contributed by atoms with E-state index in [9.17, 15) is 0 Å². The molecule has 2 aliphatic heterocycles. The normalized spacial score (nSPS) is 26.6. The predicted octanol–water partition coefficient (Wildman–Crippen LogP) is 3.52. The van der Waals surface area contributed by atoms with E-state index < -0.39 is 0 Å². The van der Waals surface area contributed by atoms with Crippen LogP contribution in [-0.2, 0) is 0 Å². The van der Waals surface area contributed by atoms with Gasteiger partial charge in [0, 0.05) is 35.7 Å². The van der Waals surface area contributed by atoms with Crippen LogP contribution in [0, 0.1) is 0 Å². The second kappa shape index (κ2) is 5.94. The second-order valence-electron chi connectivity index (χ2n) is 5.82. The van der Waals surface area contributed by atoms with Crippen LogP contribution in [-0.4, -0.2) is 43.7 Å². The fraction of sp³-hybridized carbons (Fsp3) is 0.625. The van der Waals surface area contributed by atoms with E-state index in [1.165, 1.54) is 42.5 Å². The maximum atomic E-state index is 5.40. The first-order valence-corrected chi connectivity index (χ1v) is 8.36. The Bertz CT molecular complexity index is 480. The first kappa shape index (κ1) is 14.2. The number of anilines is 1. The van der Waals surface area contributed by atoms with Gasteiger partial charge in [0.25, 0.3) is 0 Å². The zero-order valence-corrected chi connectivity index (χ0v) is 13.9. The van der Waals surface area contributed by atoms with Gasteiger partial charge in [0.05, 0.1) is 12.8 Å². The Hall–Kier alpha value is -0.740. The van der Waals surface area contributed by atoms with Crippen LogP contribution in [0.4, 0.5) is 5.69 Å². The third-order valence-electron chi connectivity index (χ3n) is 4.73. The Morgan fingerprint density at radius 1 is 1.35 bits per heavy atom. The van der Waals surface area contributed by atoms with E-state index in [1.807, 2.05) is 6.07 Å². The van der Waals surface area contributed by atoms with E-state index >= 15 is 0 Å². The summed E-state index contributed by atoms with van der Waals surface area (Å²) in [5.41, 5.74) is 1.28. The Morgan fingerprint density at radius 3 is 2.95 bits per heavy atom. The van der Waals surface area contributed by atoms with Crippen molar-refractivity contribution in [2.24, 2.45) is 0 Å². The molecule has 1 aromatic carbocycles. The molecule has 1 aromatic rings. The summed E-state index contributed by atoms with van der Waals surface area (Å²) in [6, 6.07) is 7.61. The minimum Gasteiger partial charge on any atom is -0.497 e. The Kier molecular flexibility index (Phi) is 4.22. The highest BCUT2D eigenvalue weighted by molar-refractivity contribution is 9.10. The molecule has 0 radical (unpaired) electrons. The van der Waals surface area contributed by atoms with E-state index in [2.05, 4.69) is 44.8 Å². The smallest absolute Gasteiger partial charge is 0.121 e. The Labute approximate surface area is 130 Å². The van der Waals surface area contributed by atoms with Crippen molar-refractivity contribution in [3.8, 4) is 5.75 Å². The highest BCUT2D eigenvalue weighted by Gasteiger charge is 2.36. The number of methoxy groups -OCH3 is 1. The Morgan fingerprint density at radius 2 is 2.20 bits per heavy atom. The van der Waals surface area contributed by atoms with E-state index in [-0.39, 0.29) is 0 Å². The molecule has 0 bridgehead atoms. The minimum atomic E-state index is 0.604. The lowest BCUT2D eigenvalue weighted by atomic mass is 10.0. The van der Waals surface area contributed by atoms with Crippen molar-refractivity contribution in [2.75, 3.05) is 31.6 Å². The fourth-order valence-corrected chi connectivity index (χ4v) is 4.05. The number of halogens is 1. The molecule has 2 saturated heterocycles. The molecule has 2 heterocycles. The van der Waals surface area contributed by atoms with Crippen molar-refractivity contribution in [1.29, 1.82) is 0 Å². The quantitative estimate of drug-likeness (QED) is 0.838. The summed E-state index contributed by atoms with van der Waals surface area (Å²) >= 11 is 3.71. The highest BCUT2D eigenvalue weighted by atomic mass is 79.9. The Balaban J connectivity index is 1.90. The van der Waals surface area contributed by atoms with E-state index in [4.69, 9.17) is 4.74 Å². The molecule has 2 atom stereocenters. The van der Waals surface area contributed by atoms with Crippen LogP contribution in [0.3, 0.4) is 0 Å². The average molecular weight is 339 g/mol. The highest BCUT2D eigenvalue weighted by Crippen LogP contribution is 2.36. The molecule has 0 aromatic heterocycles. The van der Waals surface area contributed by atoms with Crippen molar-refractivity contribution in [3.63, 3.8) is 0 Å². The molecule has 0 spiro atoms. The lowest BCUT2D eigenvalue weighted by Crippen LogP contribution is -2.56. The number of hydrogen-bond donors (Lipinski definition) is 0. The van der Waals surface area contributed by atoms with Gasteiger partial charge in [-0.1, -0.05) is 6.92 Å². The predicted molar refractivity (Wildman–Crippen MR) is 86.7 cm³/mol. The van der Waals surface area contributed by atoms with Crippen molar-refractivity contribution >= 4 is 21.6 Å². The lowest BCUT2D eigenvalue weighted by molar-refractivity contribution is 0.194. The molecule has 3 nitrogen and oxygen atoms in total. The molecule has 0 amide bonds. The molecule has 20 heavy (non-hydrogen) atoms. The van der Waals surface area contributed by atoms with Crippen LogP contribution < -0.4 is 9.64 Å². The molecule has 110 valence electrons. The lowest BCUT2D eigenvalue weighted by Gasteiger charge is -2.45. The largest absolute Gasteiger partial charge is 0.497 e. The first-order chi connectivity index (χ1) is 9.72. The number of benzene rings is 1. The van der Waals surface area contributed by atoms with Crippen LogP contribution in [0.15, 0.2) is 22.7 Å². The summed E-state index contributed by atoms with van der Waals surface area (Å²) < 4.78 is 6.57. The maximum absolute atomic E-state index is 5.40. The number of fused-ring (bicyclic) bond motifs is 1. The zero-order chi connectivity index (χ0) is 14.1. The molecule has 2 fully saturated rings. The van der Waals surface area contributed by atoms with E-state index in [0.29, 0.717) is 6.04 Å². The third kappa shape index (κ3) is 2.56. The molecule has 0 aliphatic carbocycles. The number of piperazine rings is 1. The van der Waals surface area contributed by atoms with Crippen LogP contribution >= 0.6 is 15.9 Å². The maximum Gasteiger partial charge on any atom is 0.121 e. The SMILES string of the molecule is CCC1CN2CCCC2CN1c1cc(OC)ccc1Br. The van der Waals surface area contributed by atoms with Gasteiger partial charge in [0.2, 0.25) is 0 Å². The van der Waals surface area contributed by atoms with Crippen LogP contribution in [0.5, 0.6) is 5.75 Å². The van der Waals surface area contributed by atoms with Gasteiger partial charge in [-0.15, -0.1) is 0 Å². The molecule has 4 heteroatoms. The van der Waals surface area contributed by atoms with Gasteiger partial charge in [-0.3, -0.25) is 4.90 Å². The van der Waals surface area contributed by atoms with Gasteiger partial charge in [0.1, 0.15) is 5.75 Å². The van der Waals surface area contributed by atoms with Gasteiger partial charge in [-0.05, 0) is 53.9 Å². The topological polar surface area (TPSA) is 15.7 Å².